The van der Waals surface area contributed by atoms with Gasteiger partial charge in [-0.2, -0.15) is 0 Å². The fraction of sp³-hybridized carbons (Fsp3) is 0.214. The van der Waals surface area contributed by atoms with Gasteiger partial charge in [0.2, 0.25) is 5.91 Å². The third-order valence-corrected chi connectivity index (χ3v) is 3.19. The summed E-state index contributed by atoms with van der Waals surface area (Å²) in [5.74, 6) is -0.217. The lowest BCUT2D eigenvalue weighted by Gasteiger charge is -2.08. The van der Waals surface area contributed by atoms with Gasteiger partial charge in [0.1, 0.15) is 0 Å². The molecule has 110 valence electrons. The zero-order valence-electron chi connectivity index (χ0n) is 11.5. The topological polar surface area (TPSA) is 90.0 Å². The molecule has 2 rings (SSSR count). The van der Waals surface area contributed by atoms with Gasteiger partial charge in [0, 0.05) is 31.0 Å². The maximum atomic E-state index is 11.9. The van der Waals surface area contributed by atoms with Crippen LogP contribution in [0.5, 0.6) is 0 Å². The molecule has 2 aromatic rings. The van der Waals surface area contributed by atoms with Crippen molar-refractivity contribution in [3.8, 4) is 0 Å². The minimum atomic E-state index is -0.371. The van der Waals surface area contributed by atoms with E-state index in [0.29, 0.717) is 16.4 Å². The molecule has 7 heteroatoms. The molecular formula is C14H15ClN4O2. The van der Waals surface area contributed by atoms with Gasteiger partial charge < -0.3 is 11.1 Å². The van der Waals surface area contributed by atoms with Crippen LogP contribution in [0.25, 0.3) is 0 Å². The second-order valence-corrected chi connectivity index (χ2v) is 5.05. The molecule has 0 bridgehead atoms. The van der Waals surface area contributed by atoms with E-state index in [1.807, 2.05) is 6.92 Å². The normalized spacial score (nSPS) is 10.4. The number of benzene rings is 1. The molecule has 0 saturated heterocycles. The Kier molecular flexibility index (Phi) is 4.59. The highest BCUT2D eigenvalue weighted by molar-refractivity contribution is 6.33. The molecule has 0 radical (unpaired) electrons. The molecule has 1 aromatic carbocycles. The van der Waals surface area contributed by atoms with E-state index in [-0.39, 0.29) is 24.6 Å². The third kappa shape index (κ3) is 4.06. The minimum absolute atomic E-state index is 0.160. The number of aryl methyl sites for hydroxylation is 2. The van der Waals surface area contributed by atoms with Gasteiger partial charge in [0.15, 0.2) is 0 Å². The number of hydrogen-bond acceptors (Lipinski definition) is 4. The van der Waals surface area contributed by atoms with Crippen LogP contribution in [-0.2, 0) is 11.3 Å². The summed E-state index contributed by atoms with van der Waals surface area (Å²) in [6.45, 7) is 2.10. The summed E-state index contributed by atoms with van der Waals surface area (Å²) in [5.41, 5.74) is 7.11. The van der Waals surface area contributed by atoms with Crippen molar-refractivity contribution in [3.63, 3.8) is 0 Å². The maximum absolute atomic E-state index is 11.9. The molecule has 1 aromatic heterocycles. The average Bonchev–Trinajstić information content (AvgIpc) is 2.44. The predicted molar refractivity (Wildman–Crippen MR) is 82.3 cm³/mol. The molecule has 0 fully saturated rings. The van der Waals surface area contributed by atoms with Crippen LogP contribution < -0.4 is 16.7 Å². The van der Waals surface area contributed by atoms with Gasteiger partial charge in [-0.3, -0.25) is 9.36 Å². The largest absolute Gasteiger partial charge is 0.397 e. The highest BCUT2D eigenvalue weighted by atomic mass is 35.5. The summed E-state index contributed by atoms with van der Waals surface area (Å²) < 4.78 is 1.41. The lowest BCUT2D eigenvalue weighted by molar-refractivity contribution is -0.116. The fourth-order valence-electron chi connectivity index (χ4n) is 1.79. The van der Waals surface area contributed by atoms with Gasteiger partial charge in [-0.1, -0.05) is 11.6 Å². The first-order valence-corrected chi connectivity index (χ1v) is 6.71. The van der Waals surface area contributed by atoms with Crippen molar-refractivity contribution in [2.75, 3.05) is 11.1 Å². The molecule has 6 nitrogen and oxygen atoms in total. The first kappa shape index (κ1) is 15.1. The van der Waals surface area contributed by atoms with E-state index in [4.69, 9.17) is 17.3 Å². The van der Waals surface area contributed by atoms with Gasteiger partial charge in [-0.05, 0) is 30.7 Å². The lowest BCUT2D eigenvalue weighted by atomic mass is 10.2. The highest BCUT2D eigenvalue weighted by Crippen LogP contribution is 2.22. The zero-order chi connectivity index (χ0) is 15.4. The summed E-state index contributed by atoms with van der Waals surface area (Å²) in [5, 5.41) is 3.14. The molecular weight excluding hydrogens is 292 g/mol. The van der Waals surface area contributed by atoms with Crippen molar-refractivity contribution in [1.29, 1.82) is 0 Å². The number of hydrogen-bond donors (Lipinski definition) is 2. The summed E-state index contributed by atoms with van der Waals surface area (Å²) in [6.07, 6.45) is 3.33. The van der Waals surface area contributed by atoms with Crippen molar-refractivity contribution in [3.05, 3.63) is 51.7 Å². The summed E-state index contributed by atoms with van der Waals surface area (Å²) >= 11 is 5.81. The standard InChI is InChI=1S/C14H15ClN4O2/c1-9-7-17-14(21)19(8-9)5-4-13(20)18-10-2-3-11(15)12(16)6-10/h2-3,6-8H,4-5,16H2,1H3,(H,18,20). The van der Waals surface area contributed by atoms with Crippen molar-refractivity contribution >= 4 is 28.9 Å². The van der Waals surface area contributed by atoms with Crippen molar-refractivity contribution in [1.82, 2.24) is 9.55 Å². The predicted octanol–water partition coefficient (Wildman–Crippen LogP) is 1.82. The van der Waals surface area contributed by atoms with Crippen LogP contribution >= 0.6 is 11.6 Å². The van der Waals surface area contributed by atoms with Crippen LogP contribution in [0.1, 0.15) is 12.0 Å². The minimum Gasteiger partial charge on any atom is -0.397 e. The third-order valence-electron chi connectivity index (χ3n) is 2.84. The number of amides is 1. The van der Waals surface area contributed by atoms with Crippen LogP contribution in [0.3, 0.4) is 0 Å². The van der Waals surface area contributed by atoms with E-state index >= 15 is 0 Å². The summed E-state index contributed by atoms with van der Waals surface area (Å²) in [7, 11) is 0. The molecule has 0 unspecified atom stereocenters. The Bertz CT molecular complexity index is 727. The number of carbonyl (C=O) groups is 1. The molecule has 3 N–H and O–H groups in total. The van der Waals surface area contributed by atoms with E-state index in [1.54, 1.807) is 24.4 Å². The van der Waals surface area contributed by atoms with Crippen LogP contribution in [0.2, 0.25) is 5.02 Å². The number of nitrogens with zero attached hydrogens (tertiary/aromatic N) is 2. The first-order chi connectivity index (χ1) is 9.95. The monoisotopic (exact) mass is 306 g/mol. The molecule has 0 aliphatic carbocycles. The smallest absolute Gasteiger partial charge is 0.347 e. The number of rotatable bonds is 4. The Morgan fingerprint density at radius 2 is 2.24 bits per heavy atom. The van der Waals surface area contributed by atoms with Crippen molar-refractivity contribution in [2.45, 2.75) is 19.9 Å². The molecule has 0 atom stereocenters. The SMILES string of the molecule is Cc1cnc(=O)n(CCC(=O)Nc2ccc(Cl)c(N)c2)c1. The Morgan fingerprint density at radius 1 is 1.48 bits per heavy atom. The fourth-order valence-corrected chi connectivity index (χ4v) is 1.91. The van der Waals surface area contributed by atoms with Crippen molar-refractivity contribution in [2.24, 2.45) is 0 Å². The van der Waals surface area contributed by atoms with E-state index in [1.165, 1.54) is 10.8 Å². The Hall–Kier alpha value is -2.34. The van der Waals surface area contributed by atoms with Gasteiger partial charge >= 0.3 is 5.69 Å². The van der Waals surface area contributed by atoms with Gasteiger partial charge in [-0.25, -0.2) is 9.78 Å². The number of carbonyl (C=O) groups excluding carboxylic acids is 1. The number of anilines is 2. The van der Waals surface area contributed by atoms with Crippen LogP contribution in [0.4, 0.5) is 11.4 Å². The lowest BCUT2D eigenvalue weighted by Crippen LogP contribution is -2.25. The molecule has 21 heavy (non-hydrogen) atoms. The number of nitrogens with one attached hydrogen (secondary N) is 1. The second kappa shape index (κ2) is 6.41. The second-order valence-electron chi connectivity index (χ2n) is 4.64. The van der Waals surface area contributed by atoms with Gasteiger partial charge in [0.05, 0.1) is 10.7 Å². The Balaban J connectivity index is 1.97. The number of nitrogen functional groups attached to an aromatic ring is 1. The Morgan fingerprint density at radius 3 is 2.95 bits per heavy atom. The Labute approximate surface area is 126 Å². The highest BCUT2D eigenvalue weighted by Gasteiger charge is 2.06. The van der Waals surface area contributed by atoms with Crippen molar-refractivity contribution < 1.29 is 4.79 Å². The van der Waals surface area contributed by atoms with Gasteiger partial charge in [-0.15, -0.1) is 0 Å². The molecule has 1 amide bonds. The number of aromatic nitrogens is 2. The van der Waals surface area contributed by atoms with Crippen LogP contribution in [0.15, 0.2) is 35.4 Å². The van der Waals surface area contributed by atoms with Crippen LogP contribution in [-0.4, -0.2) is 15.5 Å². The molecule has 1 heterocycles. The molecule has 0 aliphatic heterocycles. The van der Waals surface area contributed by atoms with E-state index < -0.39 is 0 Å². The zero-order valence-corrected chi connectivity index (χ0v) is 12.2. The first-order valence-electron chi connectivity index (χ1n) is 6.33. The van der Waals surface area contributed by atoms with E-state index in [2.05, 4.69) is 10.3 Å². The molecule has 0 spiro atoms. The van der Waals surface area contributed by atoms with Gasteiger partial charge in [0.25, 0.3) is 0 Å². The molecule has 0 aliphatic rings. The van der Waals surface area contributed by atoms with Crippen LogP contribution in [0, 0.1) is 6.92 Å². The number of nitrogens with two attached hydrogens (primary N) is 1. The number of halogens is 1. The van der Waals surface area contributed by atoms with E-state index in [9.17, 15) is 9.59 Å². The molecule has 0 saturated carbocycles. The quantitative estimate of drug-likeness (QED) is 0.843. The summed E-state index contributed by atoms with van der Waals surface area (Å²) in [6, 6.07) is 4.86. The van der Waals surface area contributed by atoms with E-state index in [0.717, 1.165) is 5.56 Å². The maximum Gasteiger partial charge on any atom is 0.347 e. The summed E-state index contributed by atoms with van der Waals surface area (Å²) in [4.78, 5) is 27.1. The average molecular weight is 307 g/mol.